The lowest BCUT2D eigenvalue weighted by Gasteiger charge is -2.11. The molecule has 3 aromatic heterocycles. The quantitative estimate of drug-likeness (QED) is 0.573. The van der Waals surface area contributed by atoms with Crippen LogP contribution in [0.5, 0.6) is 0 Å². The maximum absolute atomic E-state index is 4.68. The number of pyridine rings is 2. The second-order valence-electron chi connectivity index (χ2n) is 5.91. The molecule has 0 radical (unpaired) electrons. The molecule has 0 bridgehead atoms. The van der Waals surface area contributed by atoms with Gasteiger partial charge in [-0.2, -0.15) is 0 Å². The van der Waals surface area contributed by atoms with Crippen molar-refractivity contribution in [1.29, 1.82) is 0 Å². The molecule has 0 saturated heterocycles. The van der Waals surface area contributed by atoms with Crippen LogP contribution in [0.3, 0.4) is 0 Å². The van der Waals surface area contributed by atoms with Crippen LogP contribution in [0.2, 0.25) is 0 Å². The second kappa shape index (κ2) is 7.61. The van der Waals surface area contributed by atoms with E-state index in [1.54, 1.807) is 12.4 Å². The van der Waals surface area contributed by atoms with Gasteiger partial charge in [0.05, 0.1) is 23.4 Å². The first-order valence-corrected chi connectivity index (χ1v) is 8.56. The summed E-state index contributed by atoms with van der Waals surface area (Å²) < 4.78 is 2.17. The van der Waals surface area contributed by atoms with Crippen LogP contribution in [0.4, 0.5) is 5.69 Å². The van der Waals surface area contributed by atoms with Crippen molar-refractivity contribution in [1.82, 2.24) is 19.5 Å². The second-order valence-corrected chi connectivity index (χ2v) is 5.91. The highest BCUT2D eigenvalue weighted by molar-refractivity contribution is 5.78. The molecule has 0 aliphatic heterocycles. The van der Waals surface area contributed by atoms with Crippen LogP contribution in [0, 0.1) is 0 Å². The SMILES string of the molecule is c1ccc(-c2ncn(CCNc3cccnc3)c2-c2cccnc2)cc1. The van der Waals surface area contributed by atoms with E-state index < -0.39 is 0 Å². The standard InChI is InChI=1S/C21H19N5/c1-2-6-17(7-3-1)20-21(18-8-4-10-22-14-18)26(16-25-20)13-12-24-19-9-5-11-23-15-19/h1-11,14-16,24H,12-13H2. The van der Waals surface area contributed by atoms with E-state index in [1.807, 2.05) is 55.1 Å². The maximum Gasteiger partial charge on any atom is 0.0963 e. The minimum atomic E-state index is 0.781. The van der Waals surface area contributed by atoms with Crippen LogP contribution < -0.4 is 5.32 Å². The van der Waals surface area contributed by atoms with Crippen molar-refractivity contribution in [2.45, 2.75) is 6.54 Å². The Balaban J connectivity index is 1.63. The van der Waals surface area contributed by atoms with Gasteiger partial charge in [0.2, 0.25) is 0 Å². The largest absolute Gasteiger partial charge is 0.382 e. The summed E-state index contributed by atoms with van der Waals surface area (Å²) in [4.78, 5) is 13.1. The van der Waals surface area contributed by atoms with Gasteiger partial charge in [-0.05, 0) is 24.3 Å². The van der Waals surface area contributed by atoms with Crippen LogP contribution in [0.1, 0.15) is 0 Å². The monoisotopic (exact) mass is 341 g/mol. The molecule has 4 aromatic rings. The predicted octanol–water partition coefficient (Wildman–Crippen LogP) is 4.12. The van der Waals surface area contributed by atoms with E-state index in [1.165, 1.54) is 0 Å². The number of anilines is 1. The third-order valence-corrected chi connectivity index (χ3v) is 4.16. The molecule has 1 N–H and O–H groups in total. The molecular weight excluding hydrogens is 322 g/mol. The molecule has 3 heterocycles. The number of nitrogens with zero attached hydrogens (tertiary/aromatic N) is 4. The highest BCUT2D eigenvalue weighted by atomic mass is 15.1. The Bertz CT molecular complexity index is 950. The van der Waals surface area contributed by atoms with Crippen LogP contribution in [0.25, 0.3) is 22.5 Å². The molecule has 0 aliphatic carbocycles. The van der Waals surface area contributed by atoms with Crippen LogP contribution in [0.15, 0.2) is 85.7 Å². The predicted molar refractivity (Wildman–Crippen MR) is 104 cm³/mol. The van der Waals surface area contributed by atoms with Crippen molar-refractivity contribution in [2.75, 3.05) is 11.9 Å². The fraction of sp³-hybridized carbons (Fsp3) is 0.0952. The summed E-state index contributed by atoms with van der Waals surface area (Å²) in [7, 11) is 0. The lowest BCUT2D eigenvalue weighted by atomic mass is 10.1. The number of imidazole rings is 1. The Morgan fingerprint density at radius 2 is 1.58 bits per heavy atom. The van der Waals surface area contributed by atoms with Gasteiger partial charge in [-0.15, -0.1) is 0 Å². The highest BCUT2D eigenvalue weighted by Gasteiger charge is 2.14. The van der Waals surface area contributed by atoms with Gasteiger partial charge < -0.3 is 9.88 Å². The van der Waals surface area contributed by atoms with Gasteiger partial charge >= 0.3 is 0 Å². The number of benzene rings is 1. The molecule has 1 aromatic carbocycles. The van der Waals surface area contributed by atoms with E-state index in [0.717, 1.165) is 41.3 Å². The minimum absolute atomic E-state index is 0.781. The van der Waals surface area contributed by atoms with E-state index >= 15 is 0 Å². The topological polar surface area (TPSA) is 55.6 Å². The average molecular weight is 341 g/mol. The molecule has 0 unspecified atom stereocenters. The van der Waals surface area contributed by atoms with Gasteiger partial charge in [0, 0.05) is 49.0 Å². The smallest absolute Gasteiger partial charge is 0.0963 e. The average Bonchev–Trinajstić information content (AvgIpc) is 3.14. The molecule has 0 saturated carbocycles. The normalized spacial score (nSPS) is 10.6. The molecule has 0 atom stereocenters. The van der Waals surface area contributed by atoms with Crippen LogP contribution >= 0.6 is 0 Å². The first kappa shape index (κ1) is 16.0. The Morgan fingerprint density at radius 3 is 2.31 bits per heavy atom. The highest BCUT2D eigenvalue weighted by Crippen LogP contribution is 2.30. The fourth-order valence-electron chi connectivity index (χ4n) is 2.95. The third kappa shape index (κ3) is 3.47. The third-order valence-electron chi connectivity index (χ3n) is 4.16. The molecule has 5 nitrogen and oxygen atoms in total. The van der Waals surface area contributed by atoms with Gasteiger partial charge in [-0.3, -0.25) is 9.97 Å². The number of hydrogen-bond acceptors (Lipinski definition) is 4. The molecule has 4 rings (SSSR count). The van der Waals surface area contributed by atoms with Crippen molar-refractivity contribution in [2.24, 2.45) is 0 Å². The zero-order valence-electron chi connectivity index (χ0n) is 14.3. The van der Waals surface area contributed by atoms with E-state index in [-0.39, 0.29) is 0 Å². The number of aromatic nitrogens is 4. The summed E-state index contributed by atoms with van der Waals surface area (Å²) >= 11 is 0. The zero-order chi connectivity index (χ0) is 17.6. The summed E-state index contributed by atoms with van der Waals surface area (Å²) in [5.74, 6) is 0. The lowest BCUT2D eigenvalue weighted by molar-refractivity contribution is 0.733. The van der Waals surface area contributed by atoms with Gasteiger partial charge in [0.25, 0.3) is 0 Å². The van der Waals surface area contributed by atoms with Crippen molar-refractivity contribution < 1.29 is 0 Å². The summed E-state index contributed by atoms with van der Waals surface area (Å²) in [6.07, 6.45) is 9.17. The summed E-state index contributed by atoms with van der Waals surface area (Å²) in [6, 6.07) is 18.2. The molecule has 5 heteroatoms. The number of rotatable bonds is 6. The van der Waals surface area contributed by atoms with E-state index in [2.05, 4.69) is 43.0 Å². The van der Waals surface area contributed by atoms with Crippen molar-refractivity contribution in [3.63, 3.8) is 0 Å². The molecule has 0 amide bonds. The van der Waals surface area contributed by atoms with Crippen molar-refractivity contribution >= 4 is 5.69 Å². The molecule has 128 valence electrons. The van der Waals surface area contributed by atoms with Crippen LogP contribution in [-0.2, 0) is 6.54 Å². The van der Waals surface area contributed by atoms with Gasteiger partial charge in [0.15, 0.2) is 0 Å². The van der Waals surface area contributed by atoms with E-state index in [0.29, 0.717) is 0 Å². The molecule has 0 spiro atoms. The zero-order valence-corrected chi connectivity index (χ0v) is 14.3. The van der Waals surface area contributed by atoms with Crippen LogP contribution in [-0.4, -0.2) is 26.1 Å². The fourth-order valence-corrected chi connectivity index (χ4v) is 2.95. The van der Waals surface area contributed by atoms with Gasteiger partial charge in [-0.25, -0.2) is 4.98 Å². The first-order chi connectivity index (χ1) is 12.9. The Morgan fingerprint density at radius 1 is 0.808 bits per heavy atom. The first-order valence-electron chi connectivity index (χ1n) is 8.56. The number of nitrogens with one attached hydrogen (secondary N) is 1. The van der Waals surface area contributed by atoms with Gasteiger partial charge in [0.1, 0.15) is 0 Å². The van der Waals surface area contributed by atoms with Crippen molar-refractivity contribution in [3.05, 3.63) is 85.7 Å². The summed E-state index contributed by atoms with van der Waals surface area (Å²) in [6.45, 7) is 1.57. The molecule has 0 aliphatic rings. The summed E-state index contributed by atoms with van der Waals surface area (Å²) in [5, 5.41) is 3.39. The Labute approximate surface area is 152 Å². The van der Waals surface area contributed by atoms with Crippen molar-refractivity contribution in [3.8, 4) is 22.5 Å². The molecule has 26 heavy (non-hydrogen) atoms. The van der Waals surface area contributed by atoms with E-state index in [9.17, 15) is 0 Å². The number of hydrogen-bond donors (Lipinski definition) is 1. The van der Waals surface area contributed by atoms with E-state index in [4.69, 9.17) is 0 Å². The molecular formula is C21H19N5. The Kier molecular flexibility index (Phi) is 4.69. The summed E-state index contributed by atoms with van der Waals surface area (Å²) in [5.41, 5.74) is 5.23. The maximum atomic E-state index is 4.68. The molecule has 0 fully saturated rings. The van der Waals surface area contributed by atoms with Gasteiger partial charge in [-0.1, -0.05) is 30.3 Å². The Hall–Kier alpha value is -3.47. The minimum Gasteiger partial charge on any atom is -0.382 e. The lowest BCUT2D eigenvalue weighted by Crippen LogP contribution is -2.11.